The van der Waals surface area contributed by atoms with Gasteiger partial charge in [0.2, 0.25) is 29.5 Å². The first-order valence-electron chi connectivity index (χ1n) is 10.3. The Labute approximate surface area is 191 Å². The van der Waals surface area contributed by atoms with Gasteiger partial charge in [-0.25, -0.2) is 4.79 Å². The molecule has 188 valence electrons. The average Bonchev–Trinajstić information content (AvgIpc) is 2.67. The minimum absolute atomic E-state index is 0.0695. The van der Waals surface area contributed by atoms with E-state index in [9.17, 15) is 39.0 Å². The number of carbonyl (C=O) groups is 6. The molecule has 0 aliphatic heterocycles. The summed E-state index contributed by atoms with van der Waals surface area (Å²) in [5.74, 6) is -5.90. The van der Waals surface area contributed by atoms with E-state index in [1.165, 1.54) is 6.92 Å². The molecule has 0 saturated heterocycles. The predicted octanol–water partition coefficient (Wildman–Crippen LogP) is -3.58. The second kappa shape index (κ2) is 14.0. The summed E-state index contributed by atoms with van der Waals surface area (Å²) in [7, 11) is 0. The van der Waals surface area contributed by atoms with Gasteiger partial charge in [0.15, 0.2) is 0 Å². The minimum atomic E-state index is -1.60. The number of nitrogens with two attached hydrogens (primary N) is 3. The monoisotopic (exact) mass is 474 g/mol. The Balaban J connectivity index is 5.42. The van der Waals surface area contributed by atoms with Crippen LogP contribution in [0.1, 0.15) is 46.5 Å². The van der Waals surface area contributed by atoms with Crippen molar-refractivity contribution in [1.82, 2.24) is 16.0 Å². The molecule has 0 spiro atoms. The fourth-order valence-corrected chi connectivity index (χ4v) is 2.73. The van der Waals surface area contributed by atoms with Crippen LogP contribution < -0.4 is 33.2 Å². The molecule has 0 aromatic heterocycles. The van der Waals surface area contributed by atoms with Crippen LogP contribution in [0.25, 0.3) is 0 Å². The summed E-state index contributed by atoms with van der Waals surface area (Å²) in [6, 6.07) is -5.62. The molecule has 0 aromatic carbocycles. The molecule has 11 N–H and O–H groups in total. The van der Waals surface area contributed by atoms with Crippen LogP contribution in [0.3, 0.4) is 0 Å². The van der Waals surface area contributed by atoms with Crippen molar-refractivity contribution in [3.8, 4) is 0 Å². The molecule has 0 aliphatic carbocycles. The lowest BCUT2D eigenvalue weighted by atomic mass is 10.0. The first-order valence-corrected chi connectivity index (χ1v) is 10.3. The van der Waals surface area contributed by atoms with Crippen molar-refractivity contribution in [3.05, 3.63) is 0 Å². The van der Waals surface area contributed by atoms with Crippen LogP contribution >= 0.6 is 0 Å². The topological polar surface area (TPSA) is 257 Å². The second-order valence-electron chi connectivity index (χ2n) is 8.10. The smallest absolute Gasteiger partial charge is 0.326 e. The number of hydrogen-bond acceptors (Lipinski definition) is 8. The highest BCUT2D eigenvalue weighted by Gasteiger charge is 2.33. The van der Waals surface area contributed by atoms with Crippen LogP contribution in [0.15, 0.2) is 0 Å². The van der Waals surface area contributed by atoms with Crippen LogP contribution in [0, 0.1) is 5.92 Å². The van der Waals surface area contributed by atoms with Gasteiger partial charge in [-0.1, -0.05) is 13.8 Å². The number of hydrogen-bond donors (Lipinski definition) is 8. The van der Waals surface area contributed by atoms with Gasteiger partial charge in [-0.2, -0.15) is 0 Å². The first kappa shape index (κ1) is 29.7. The van der Waals surface area contributed by atoms with E-state index in [1.807, 2.05) is 0 Å². The van der Waals surface area contributed by atoms with Crippen molar-refractivity contribution >= 4 is 35.5 Å². The Kier molecular flexibility index (Phi) is 12.6. The number of primary amides is 2. The molecule has 33 heavy (non-hydrogen) atoms. The zero-order valence-electron chi connectivity index (χ0n) is 18.9. The fourth-order valence-electron chi connectivity index (χ4n) is 2.73. The molecule has 5 unspecified atom stereocenters. The van der Waals surface area contributed by atoms with Gasteiger partial charge in [0.25, 0.3) is 0 Å². The molecule has 0 aromatic rings. The van der Waals surface area contributed by atoms with E-state index in [1.54, 1.807) is 13.8 Å². The summed E-state index contributed by atoms with van der Waals surface area (Å²) < 4.78 is 0. The molecule has 0 fully saturated rings. The third-order valence-electron chi connectivity index (χ3n) is 4.46. The first-order chi connectivity index (χ1) is 15.1. The van der Waals surface area contributed by atoms with Gasteiger partial charge < -0.3 is 43.4 Å². The van der Waals surface area contributed by atoms with E-state index in [-0.39, 0.29) is 25.2 Å². The van der Waals surface area contributed by atoms with E-state index in [2.05, 4.69) is 16.0 Å². The number of rotatable bonds is 15. The quantitative estimate of drug-likeness (QED) is 0.116. The molecule has 0 aliphatic rings. The van der Waals surface area contributed by atoms with Gasteiger partial charge in [0.1, 0.15) is 18.1 Å². The summed E-state index contributed by atoms with van der Waals surface area (Å²) in [4.78, 5) is 71.0. The van der Waals surface area contributed by atoms with Gasteiger partial charge in [-0.05, 0) is 25.7 Å². The van der Waals surface area contributed by atoms with Crippen LogP contribution in [0.2, 0.25) is 0 Å². The lowest BCUT2D eigenvalue weighted by molar-refractivity contribution is -0.143. The van der Waals surface area contributed by atoms with Gasteiger partial charge >= 0.3 is 5.97 Å². The van der Waals surface area contributed by atoms with Crippen LogP contribution in [-0.4, -0.2) is 76.0 Å². The van der Waals surface area contributed by atoms with Gasteiger partial charge in [-0.15, -0.1) is 0 Å². The number of aliphatic hydroxyl groups is 1. The molecule has 14 heteroatoms. The molecular formula is C19H34N6O8. The highest BCUT2D eigenvalue weighted by molar-refractivity contribution is 5.96. The van der Waals surface area contributed by atoms with Crippen molar-refractivity contribution in [2.75, 3.05) is 0 Å². The third kappa shape index (κ3) is 11.8. The Morgan fingerprint density at radius 2 is 1.36 bits per heavy atom. The van der Waals surface area contributed by atoms with Crippen LogP contribution in [0.4, 0.5) is 0 Å². The normalized spacial score (nSPS) is 15.5. The average molecular weight is 475 g/mol. The third-order valence-corrected chi connectivity index (χ3v) is 4.46. The zero-order valence-corrected chi connectivity index (χ0v) is 18.9. The van der Waals surface area contributed by atoms with Crippen molar-refractivity contribution in [2.24, 2.45) is 23.1 Å². The summed E-state index contributed by atoms with van der Waals surface area (Å²) in [5, 5.41) is 25.9. The van der Waals surface area contributed by atoms with Gasteiger partial charge in [-0.3, -0.25) is 24.0 Å². The van der Waals surface area contributed by atoms with E-state index in [0.717, 1.165) is 0 Å². The molecule has 0 rings (SSSR count). The molecule has 5 amide bonds. The Hall–Kier alpha value is -3.26. The maximum Gasteiger partial charge on any atom is 0.326 e. The number of carboxylic acid groups (broad SMARTS) is 1. The second-order valence-corrected chi connectivity index (χ2v) is 8.10. The molecule has 14 nitrogen and oxygen atoms in total. The Morgan fingerprint density at radius 3 is 1.79 bits per heavy atom. The number of amides is 5. The summed E-state index contributed by atoms with van der Waals surface area (Å²) in [5.41, 5.74) is 15.8. The molecule has 0 saturated carbocycles. The summed E-state index contributed by atoms with van der Waals surface area (Å²) in [6.07, 6.45) is -2.31. The number of nitrogens with one attached hydrogen (secondary N) is 3. The van der Waals surface area contributed by atoms with Crippen molar-refractivity contribution in [1.29, 1.82) is 0 Å². The highest BCUT2D eigenvalue weighted by Crippen LogP contribution is 2.07. The number of aliphatic carboxylic acids is 1. The standard InChI is InChI=1S/C19H34N6O8/c1-8(2)6-12(19(32)33)24-18(31)15(9(3)26)25-17(30)11(7-14(22)28)23-16(29)10(20)4-5-13(21)27/h8-12,15,26H,4-7,20H2,1-3H3,(H2,21,27)(H2,22,28)(H,23,29)(H,24,31)(H,25,30)(H,32,33). The maximum atomic E-state index is 12.7. The molecule has 0 heterocycles. The van der Waals surface area contributed by atoms with E-state index >= 15 is 0 Å². The SMILES string of the molecule is CC(C)CC(NC(=O)C(NC(=O)C(CC(N)=O)NC(=O)C(N)CCC(N)=O)C(C)O)C(=O)O. The predicted molar refractivity (Wildman–Crippen MR) is 115 cm³/mol. The Bertz CT molecular complexity index is 742. The number of carbonyl (C=O) groups excluding carboxylic acids is 5. The molecule has 0 radical (unpaired) electrons. The maximum absolute atomic E-state index is 12.7. The number of carboxylic acids is 1. The van der Waals surface area contributed by atoms with Gasteiger partial charge in [0, 0.05) is 6.42 Å². The summed E-state index contributed by atoms with van der Waals surface area (Å²) >= 11 is 0. The minimum Gasteiger partial charge on any atom is -0.480 e. The van der Waals surface area contributed by atoms with E-state index in [0.29, 0.717) is 0 Å². The lowest BCUT2D eigenvalue weighted by Gasteiger charge is -2.26. The molecule has 5 atom stereocenters. The van der Waals surface area contributed by atoms with Crippen LogP contribution in [0.5, 0.6) is 0 Å². The summed E-state index contributed by atoms with van der Waals surface area (Å²) in [6.45, 7) is 4.69. The fraction of sp³-hybridized carbons (Fsp3) is 0.684. The highest BCUT2D eigenvalue weighted by atomic mass is 16.4. The van der Waals surface area contributed by atoms with Crippen molar-refractivity contribution in [3.63, 3.8) is 0 Å². The largest absolute Gasteiger partial charge is 0.480 e. The molecule has 0 bridgehead atoms. The Morgan fingerprint density at radius 1 is 0.818 bits per heavy atom. The number of aliphatic hydroxyl groups excluding tert-OH is 1. The van der Waals surface area contributed by atoms with Crippen molar-refractivity contribution in [2.45, 2.75) is 76.7 Å². The van der Waals surface area contributed by atoms with E-state index in [4.69, 9.17) is 17.2 Å². The van der Waals surface area contributed by atoms with Crippen LogP contribution in [-0.2, 0) is 28.8 Å². The lowest BCUT2D eigenvalue weighted by Crippen LogP contribution is -2.60. The zero-order chi connectivity index (χ0) is 25.9. The molecular weight excluding hydrogens is 440 g/mol. The van der Waals surface area contributed by atoms with Gasteiger partial charge in [0.05, 0.1) is 18.6 Å². The van der Waals surface area contributed by atoms with Crippen molar-refractivity contribution < 1.29 is 39.0 Å². The van der Waals surface area contributed by atoms with E-state index < -0.39 is 72.2 Å².